The lowest BCUT2D eigenvalue weighted by molar-refractivity contribution is 0.0589. The molecule has 0 unspecified atom stereocenters. The van der Waals surface area contributed by atoms with E-state index in [1.54, 1.807) is 6.20 Å². The maximum atomic E-state index is 11.4. The number of carbonyl (C=O) groups excluding carboxylic acids is 1. The molecule has 0 N–H and O–H groups in total. The maximum Gasteiger partial charge on any atom is 0.362 e. The summed E-state index contributed by atoms with van der Waals surface area (Å²) in [7, 11) is 2.77. The van der Waals surface area contributed by atoms with Crippen LogP contribution in [0.3, 0.4) is 0 Å². The highest BCUT2D eigenvalue weighted by Gasteiger charge is 2.20. The van der Waals surface area contributed by atoms with Crippen molar-refractivity contribution in [2.24, 2.45) is 0 Å². The van der Waals surface area contributed by atoms with Gasteiger partial charge < -0.3 is 14.4 Å². The molecule has 1 aliphatic rings. The molecule has 1 aliphatic heterocycles. The molecule has 17 heavy (non-hydrogen) atoms. The van der Waals surface area contributed by atoms with Gasteiger partial charge in [0.25, 0.3) is 0 Å². The molecule has 1 fully saturated rings. The Balaban J connectivity index is 2.30. The minimum absolute atomic E-state index is 0.109. The Bertz CT molecular complexity index is 416. The number of carbonyl (C=O) groups is 1. The van der Waals surface area contributed by atoms with Crippen LogP contribution < -0.4 is 9.64 Å². The third-order valence-corrected chi connectivity index (χ3v) is 2.73. The summed E-state index contributed by atoms with van der Waals surface area (Å²) in [5.74, 6) is 0.413. The largest absolute Gasteiger partial charge is 0.479 e. The SMILES string of the molecule is COC(=O)c1ncc(N2CCCC2)nc1OC. The van der Waals surface area contributed by atoms with Gasteiger partial charge in [-0.05, 0) is 12.8 Å². The highest BCUT2D eigenvalue weighted by molar-refractivity contribution is 5.89. The Labute approximate surface area is 99.6 Å². The Morgan fingerprint density at radius 2 is 2.06 bits per heavy atom. The molecule has 0 aromatic carbocycles. The van der Waals surface area contributed by atoms with Crippen molar-refractivity contribution in [3.63, 3.8) is 0 Å². The molecule has 1 saturated heterocycles. The smallest absolute Gasteiger partial charge is 0.362 e. The summed E-state index contributed by atoms with van der Waals surface area (Å²) >= 11 is 0. The fourth-order valence-electron chi connectivity index (χ4n) is 1.84. The standard InChI is InChI=1S/C11H15N3O3/c1-16-10-9(11(15)17-2)12-7-8(13-10)14-5-3-4-6-14/h7H,3-6H2,1-2H3. The van der Waals surface area contributed by atoms with Crippen LogP contribution in [0.25, 0.3) is 0 Å². The van der Waals surface area contributed by atoms with Crippen LogP contribution in [0, 0.1) is 0 Å². The minimum atomic E-state index is -0.540. The first kappa shape index (κ1) is 11.6. The molecule has 0 amide bonds. The number of hydrogen-bond donors (Lipinski definition) is 0. The maximum absolute atomic E-state index is 11.4. The minimum Gasteiger partial charge on any atom is -0.479 e. The summed E-state index contributed by atoms with van der Waals surface area (Å²) in [5, 5.41) is 0. The number of ether oxygens (including phenoxy) is 2. The predicted molar refractivity (Wildman–Crippen MR) is 61.4 cm³/mol. The van der Waals surface area contributed by atoms with Crippen LogP contribution in [0.4, 0.5) is 5.82 Å². The lowest BCUT2D eigenvalue weighted by Gasteiger charge is -2.16. The molecule has 92 valence electrons. The fraction of sp³-hybridized carbons (Fsp3) is 0.545. The molecule has 6 nitrogen and oxygen atoms in total. The van der Waals surface area contributed by atoms with E-state index in [0.717, 1.165) is 31.7 Å². The Kier molecular flexibility index (Phi) is 3.41. The second-order valence-electron chi connectivity index (χ2n) is 3.77. The second kappa shape index (κ2) is 4.99. The highest BCUT2D eigenvalue weighted by atomic mass is 16.5. The molecule has 1 aromatic rings. The van der Waals surface area contributed by atoms with E-state index in [1.165, 1.54) is 14.2 Å². The first-order valence-electron chi connectivity index (χ1n) is 5.50. The fourth-order valence-corrected chi connectivity index (χ4v) is 1.84. The Hall–Kier alpha value is -1.85. The summed E-state index contributed by atoms with van der Waals surface area (Å²) in [6.45, 7) is 1.94. The average molecular weight is 237 g/mol. The van der Waals surface area contributed by atoms with Gasteiger partial charge >= 0.3 is 5.97 Å². The Morgan fingerprint density at radius 1 is 1.35 bits per heavy atom. The molecule has 0 atom stereocenters. The van der Waals surface area contributed by atoms with Crippen LogP contribution in [0.1, 0.15) is 23.3 Å². The average Bonchev–Trinajstić information content (AvgIpc) is 2.91. The third-order valence-electron chi connectivity index (χ3n) is 2.73. The number of anilines is 1. The number of aromatic nitrogens is 2. The van der Waals surface area contributed by atoms with Gasteiger partial charge in [-0.25, -0.2) is 9.78 Å². The summed E-state index contributed by atoms with van der Waals surface area (Å²) in [5.41, 5.74) is 0.109. The van der Waals surface area contributed by atoms with Gasteiger partial charge in [0.2, 0.25) is 11.6 Å². The van der Waals surface area contributed by atoms with Gasteiger partial charge in [-0.3, -0.25) is 0 Å². The van der Waals surface area contributed by atoms with Gasteiger partial charge in [0.15, 0.2) is 5.82 Å². The van der Waals surface area contributed by atoms with Crippen molar-refractivity contribution in [1.82, 2.24) is 9.97 Å². The van der Waals surface area contributed by atoms with Crippen molar-refractivity contribution < 1.29 is 14.3 Å². The van der Waals surface area contributed by atoms with Crippen LogP contribution >= 0.6 is 0 Å². The number of esters is 1. The summed E-state index contributed by atoms with van der Waals surface area (Å²) in [4.78, 5) is 21.9. The van der Waals surface area contributed by atoms with E-state index in [2.05, 4.69) is 19.6 Å². The van der Waals surface area contributed by atoms with Crippen molar-refractivity contribution >= 4 is 11.8 Å². The van der Waals surface area contributed by atoms with E-state index < -0.39 is 5.97 Å². The summed E-state index contributed by atoms with van der Waals surface area (Å²) < 4.78 is 9.68. The number of nitrogens with zero attached hydrogens (tertiary/aromatic N) is 3. The zero-order chi connectivity index (χ0) is 12.3. The molecule has 0 aliphatic carbocycles. The molecule has 2 heterocycles. The third kappa shape index (κ3) is 2.30. The van der Waals surface area contributed by atoms with Gasteiger partial charge in [-0.1, -0.05) is 0 Å². The Morgan fingerprint density at radius 3 is 2.65 bits per heavy atom. The van der Waals surface area contributed by atoms with E-state index >= 15 is 0 Å². The van der Waals surface area contributed by atoms with E-state index in [-0.39, 0.29) is 11.6 Å². The molecule has 0 radical (unpaired) electrons. The van der Waals surface area contributed by atoms with Crippen LogP contribution in [-0.2, 0) is 4.74 Å². The topological polar surface area (TPSA) is 64.5 Å². The number of hydrogen-bond acceptors (Lipinski definition) is 6. The molecule has 2 rings (SSSR count). The van der Waals surface area contributed by atoms with Crippen LogP contribution in [0.15, 0.2) is 6.20 Å². The van der Waals surface area contributed by atoms with Gasteiger partial charge in [-0.15, -0.1) is 0 Å². The van der Waals surface area contributed by atoms with E-state index in [1.807, 2.05) is 0 Å². The van der Waals surface area contributed by atoms with Crippen LogP contribution in [0.2, 0.25) is 0 Å². The van der Waals surface area contributed by atoms with Gasteiger partial charge in [0, 0.05) is 13.1 Å². The molecule has 1 aromatic heterocycles. The van der Waals surface area contributed by atoms with Crippen molar-refractivity contribution in [2.75, 3.05) is 32.2 Å². The van der Waals surface area contributed by atoms with Gasteiger partial charge in [-0.2, -0.15) is 4.98 Å². The lowest BCUT2D eigenvalue weighted by atomic mass is 10.4. The van der Waals surface area contributed by atoms with Gasteiger partial charge in [0.1, 0.15) is 0 Å². The van der Waals surface area contributed by atoms with E-state index in [9.17, 15) is 4.79 Å². The quantitative estimate of drug-likeness (QED) is 0.727. The summed E-state index contributed by atoms with van der Waals surface area (Å²) in [6.07, 6.45) is 3.89. The van der Waals surface area contributed by atoms with Crippen LogP contribution in [-0.4, -0.2) is 43.2 Å². The zero-order valence-electron chi connectivity index (χ0n) is 9.97. The summed E-state index contributed by atoms with van der Waals surface area (Å²) in [6, 6.07) is 0. The molecule has 0 saturated carbocycles. The zero-order valence-corrected chi connectivity index (χ0v) is 9.97. The van der Waals surface area contributed by atoms with Crippen molar-refractivity contribution in [2.45, 2.75) is 12.8 Å². The number of rotatable bonds is 3. The molecule has 0 spiro atoms. The van der Waals surface area contributed by atoms with E-state index in [4.69, 9.17) is 4.74 Å². The van der Waals surface area contributed by atoms with Crippen LogP contribution in [0.5, 0.6) is 5.88 Å². The lowest BCUT2D eigenvalue weighted by Crippen LogP contribution is -2.20. The molecule has 6 heteroatoms. The highest BCUT2D eigenvalue weighted by Crippen LogP contribution is 2.22. The van der Waals surface area contributed by atoms with Crippen molar-refractivity contribution in [1.29, 1.82) is 0 Å². The number of methoxy groups -OCH3 is 2. The monoisotopic (exact) mass is 237 g/mol. The van der Waals surface area contributed by atoms with Crippen molar-refractivity contribution in [3.05, 3.63) is 11.9 Å². The predicted octanol–water partition coefficient (Wildman–Crippen LogP) is 0.872. The normalized spacial score (nSPS) is 14.8. The second-order valence-corrected chi connectivity index (χ2v) is 3.77. The molecular formula is C11H15N3O3. The molecule has 0 bridgehead atoms. The van der Waals surface area contributed by atoms with E-state index in [0.29, 0.717) is 0 Å². The first-order valence-corrected chi connectivity index (χ1v) is 5.50. The van der Waals surface area contributed by atoms with Crippen molar-refractivity contribution in [3.8, 4) is 5.88 Å². The first-order chi connectivity index (χ1) is 8.26. The van der Waals surface area contributed by atoms with Gasteiger partial charge in [0.05, 0.1) is 20.4 Å². The molecular weight excluding hydrogens is 222 g/mol.